The molecule has 0 aliphatic carbocycles. The van der Waals surface area contributed by atoms with Crippen molar-refractivity contribution in [3.8, 4) is 0 Å². The van der Waals surface area contributed by atoms with Gasteiger partial charge in [-0.1, -0.05) is 120 Å². The van der Waals surface area contributed by atoms with Crippen molar-refractivity contribution in [3.05, 3.63) is 150 Å². The van der Waals surface area contributed by atoms with Crippen LogP contribution in [0.4, 0.5) is 17.1 Å². The zero-order chi connectivity index (χ0) is 23.9. The summed E-state index contributed by atoms with van der Waals surface area (Å²) in [6.45, 7) is 2.13. The fraction of sp³-hybridized carbons (Fsp3) is 0.0303. The molecule has 0 aliphatic heterocycles. The van der Waals surface area contributed by atoms with Crippen LogP contribution in [0, 0.1) is 6.92 Å². The van der Waals surface area contributed by atoms with Gasteiger partial charge < -0.3 is 4.90 Å². The quantitative estimate of drug-likeness (QED) is 0.180. The van der Waals surface area contributed by atoms with E-state index in [-0.39, 0.29) is 0 Å². The van der Waals surface area contributed by atoms with Crippen LogP contribution in [0.15, 0.2) is 133 Å². The molecule has 2 radical (unpaired) electrons. The molecule has 0 bridgehead atoms. The molecule has 0 atom stereocenters. The first-order chi connectivity index (χ1) is 17.2. The maximum Gasteiger partial charge on any atom is 0.121 e. The Labute approximate surface area is 210 Å². The van der Waals surface area contributed by atoms with Gasteiger partial charge in [-0.25, -0.2) is 0 Å². The lowest BCUT2D eigenvalue weighted by molar-refractivity contribution is 1.27. The number of anilines is 3. The van der Waals surface area contributed by atoms with Crippen molar-refractivity contribution in [1.29, 1.82) is 0 Å². The normalized spacial score (nSPS) is 11.0. The monoisotopic (exact) mass is 465 g/mol. The van der Waals surface area contributed by atoms with Gasteiger partial charge in [0.15, 0.2) is 0 Å². The van der Waals surface area contributed by atoms with Gasteiger partial charge in [0.05, 0.1) is 0 Å². The predicted octanol–water partition coefficient (Wildman–Crippen LogP) is 7.29. The number of hydrogen-bond acceptors (Lipinski definition) is 1. The smallest absolute Gasteiger partial charge is 0.121 e. The summed E-state index contributed by atoms with van der Waals surface area (Å²) >= 11 is 0. The van der Waals surface area contributed by atoms with Crippen molar-refractivity contribution in [2.45, 2.75) is 6.92 Å². The van der Waals surface area contributed by atoms with Crippen LogP contribution in [0.5, 0.6) is 0 Å². The SMILES string of the molecule is Cc1cccc(N(c2ccccc2)c2ccc(C=Cc3ccc([Si]c4ccccc4)cc3)cc2)c1. The third-order valence-electron chi connectivity index (χ3n) is 5.87. The molecule has 0 heterocycles. The van der Waals surface area contributed by atoms with E-state index in [1.807, 2.05) is 0 Å². The summed E-state index contributed by atoms with van der Waals surface area (Å²) in [5, 5.41) is 2.72. The van der Waals surface area contributed by atoms with E-state index in [2.05, 4.69) is 157 Å². The van der Waals surface area contributed by atoms with Crippen molar-refractivity contribution in [2.24, 2.45) is 0 Å². The molecule has 0 spiro atoms. The Morgan fingerprint density at radius 3 is 1.63 bits per heavy atom. The highest BCUT2D eigenvalue weighted by molar-refractivity contribution is 6.67. The zero-order valence-electron chi connectivity index (χ0n) is 19.8. The van der Waals surface area contributed by atoms with E-state index in [0.29, 0.717) is 9.52 Å². The molecule has 0 saturated heterocycles. The molecule has 0 amide bonds. The summed E-state index contributed by atoms with van der Waals surface area (Å²) in [4.78, 5) is 2.30. The van der Waals surface area contributed by atoms with E-state index in [0.717, 1.165) is 17.1 Å². The van der Waals surface area contributed by atoms with Crippen LogP contribution in [-0.4, -0.2) is 9.52 Å². The first kappa shape index (κ1) is 22.6. The van der Waals surface area contributed by atoms with E-state index in [4.69, 9.17) is 0 Å². The molecule has 5 aromatic rings. The first-order valence-electron chi connectivity index (χ1n) is 11.9. The molecule has 0 aromatic heterocycles. The number of rotatable bonds is 7. The summed E-state index contributed by atoms with van der Waals surface area (Å²) in [5.41, 5.74) is 7.10. The highest BCUT2D eigenvalue weighted by Crippen LogP contribution is 2.34. The van der Waals surface area contributed by atoms with Gasteiger partial charge in [-0.2, -0.15) is 0 Å². The van der Waals surface area contributed by atoms with Gasteiger partial charge in [0, 0.05) is 17.1 Å². The summed E-state index contributed by atoms with van der Waals surface area (Å²) in [6, 6.07) is 47.4. The molecule has 0 aliphatic rings. The third kappa shape index (κ3) is 5.86. The van der Waals surface area contributed by atoms with Crippen LogP contribution in [-0.2, 0) is 0 Å². The van der Waals surface area contributed by atoms with Crippen LogP contribution >= 0.6 is 0 Å². The summed E-state index contributed by atoms with van der Waals surface area (Å²) in [6.07, 6.45) is 4.36. The fourth-order valence-electron chi connectivity index (χ4n) is 4.08. The lowest BCUT2D eigenvalue weighted by Gasteiger charge is -2.25. The van der Waals surface area contributed by atoms with E-state index < -0.39 is 0 Å². The number of aryl methyl sites for hydroxylation is 1. The molecule has 5 aromatic carbocycles. The Morgan fingerprint density at radius 2 is 1.00 bits per heavy atom. The van der Waals surface area contributed by atoms with Gasteiger partial charge >= 0.3 is 0 Å². The molecule has 5 rings (SSSR count). The van der Waals surface area contributed by atoms with Crippen LogP contribution in [0.2, 0.25) is 0 Å². The van der Waals surface area contributed by atoms with Crippen molar-refractivity contribution in [2.75, 3.05) is 4.90 Å². The second-order valence-corrected chi connectivity index (χ2v) is 9.95. The van der Waals surface area contributed by atoms with E-state index in [1.54, 1.807) is 0 Å². The van der Waals surface area contributed by atoms with Crippen molar-refractivity contribution in [3.63, 3.8) is 0 Å². The van der Waals surface area contributed by atoms with Gasteiger partial charge in [-0.15, -0.1) is 0 Å². The molecule has 0 fully saturated rings. The Balaban J connectivity index is 1.33. The van der Waals surface area contributed by atoms with Crippen molar-refractivity contribution in [1.82, 2.24) is 0 Å². The topological polar surface area (TPSA) is 3.24 Å². The zero-order valence-corrected chi connectivity index (χ0v) is 20.8. The molecule has 168 valence electrons. The Kier molecular flexibility index (Phi) is 7.02. The van der Waals surface area contributed by atoms with Gasteiger partial charge in [-0.3, -0.25) is 0 Å². The van der Waals surface area contributed by atoms with Gasteiger partial charge in [0.25, 0.3) is 0 Å². The lowest BCUT2D eigenvalue weighted by Crippen LogP contribution is -2.26. The average Bonchev–Trinajstić information content (AvgIpc) is 2.91. The molecule has 35 heavy (non-hydrogen) atoms. The number of para-hydroxylation sites is 1. The molecular formula is C33H27NSi. The number of benzene rings is 5. The minimum Gasteiger partial charge on any atom is -0.310 e. The number of hydrogen-bond donors (Lipinski definition) is 0. The van der Waals surface area contributed by atoms with Crippen molar-refractivity contribution < 1.29 is 0 Å². The Morgan fingerprint density at radius 1 is 0.486 bits per heavy atom. The highest BCUT2D eigenvalue weighted by Gasteiger charge is 2.11. The maximum absolute atomic E-state index is 2.30. The van der Waals surface area contributed by atoms with E-state index >= 15 is 0 Å². The summed E-state index contributed by atoms with van der Waals surface area (Å²) in [7, 11) is 0.690. The van der Waals surface area contributed by atoms with Crippen LogP contribution < -0.4 is 15.3 Å². The molecule has 0 saturated carbocycles. The fourth-order valence-corrected chi connectivity index (χ4v) is 5.11. The maximum atomic E-state index is 2.30. The van der Waals surface area contributed by atoms with Crippen LogP contribution in [0.3, 0.4) is 0 Å². The number of nitrogens with zero attached hydrogens (tertiary/aromatic N) is 1. The lowest BCUT2D eigenvalue weighted by atomic mass is 10.1. The van der Waals surface area contributed by atoms with Gasteiger partial charge in [0.1, 0.15) is 9.52 Å². The standard InChI is InChI=1S/C33H27NSi/c1-26-9-8-12-31(25-26)34(29-10-4-2-5-11-29)30-21-17-27(18-22-30)15-16-28-19-23-33(24-20-28)35-32-13-6-3-7-14-32/h2-25H,1H3. The first-order valence-corrected chi connectivity index (χ1v) is 12.9. The molecule has 0 N–H and O–H groups in total. The second-order valence-electron chi connectivity index (χ2n) is 8.55. The van der Waals surface area contributed by atoms with E-state index in [1.165, 1.54) is 27.1 Å². The highest BCUT2D eigenvalue weighted by atomic mass is 28.2. The largest absolute Gasteiger partial charge is 0.310 e. The third-order valence-corrected chi connectivity index (χ3v) is 7.11. The summed E-state index contributed by atoms with van der Waals surface area (Å²) < 4.78 is 0. The minimum atomic E-state index is 0.690. The molecular weight excluding hydrogens is 438 g/mol. The molecule has 2 heteroatoms. The van der Waals surface area contributed by atoms with Gasteiger partial charge in [-0.05, 0) is 60.0 Å². The Bertz CT molecular complexity index is 1390. The van der Waals surface area contributed by atoms with Crippen LogP contribution in [0.1, 0.15) is 16.7 Å². The second kappa shape index (κ2) is 10.9. The van der Waals surface area contributed by atoms with Gasteiger partial charge in [0.2, 0.25) is 0 Å². The molecule has 0 unspecified atom stereocenters. The predicted molar refractivity (Wildman–Crippen MR) is 153 cm³/mol. The van der Waals surface area contributed by atoms with E-state index in [9.17, 15) is 0 Å². The minimum absolute atomic E-state index is 0.690. The van der Waals surface area contributed by atoms with Crippen molar-refractivity contribution >= 4 is 49.1 Å². The average molecular weight is 466 g/mol. The Hall–Kier alpha value is -4.14. The molecule has 1 nitrogen and oxygen atoms in total. The van der Waals surface area contributed by atoms with Crippen LogP contribution in [0.25, 0.3) is 12.2 Å². The summed E-state index contributed by atoms with van der Waals surface area (Å²) in [5.74, 6) is 0.